The Morgan fingerprint density at radius 1 is 1.11 bits per heavy atom. The molecule has 2 heterocycles. The van der Waals surface area contributed by atoms with Crippen LogP contribution in [-0.4, -0.2) is 67.3 Å². The Morgan fingerprint density at radius 3 is 2.34 bits per heavy atom. The molecule has 2 aliphatic rings. The number of ketones is 2. The van der Waals surface area contributed by atoms with Crippen molar-refractivity contribution in [3.8, 4) is 0 Å². The molecule has 1 N–H and O–H groups in total. The fourth-order valence-corrected chi connectivity index (χ4v) is 4.62. The van der Waals surface area contributed by atoms with E-state index in [4.69, 9.17) is 0 Å². The van der Waals surface area contributed by atoms with E-state index in [-0.39, 0.29) is 29.3 Å². The molecule has 0 radical (unpaired) electrons. The molecule has 2 aliphatic heterocycles. The Kier molecular flexibility index (Phi) is 11.2. The maximum absolute atomic E-state index is 12.1. The SMILES string of the molecule is CC(=O)c1cccc(N2CCN(CCCC=O)CC2)c1C(C)=O.CCC(C)C1CCC(=O)NC1=O. The van der Waals surface area contributed by atoms with Crippen molar-refractivity contribution in [2.75, 3.05) is 37.6 Å². The number of hydrogen-bond donors (Lipinski definition) is 1. The second-order valence-corrected chi connectivity index (χ2v) is 9.39. The highest BCUT2D eigenvalue weighted by atomic mass is 16.2. The van der Waals surface area contributed by atoms with E-state index in [1.165, 1.54) is 13.8 Å². The molecule has 2 saturated heterocycles. The molecule has 35 heavy (non-hydrogen) atoms. The average Bonchev–Trinajstić information content (AvgIpc) is 2.84. The van der Waals surface area contributed by atoms with Crippen LogP contribution in [-0.2, 0) is 14.4 Å². The van der Waals surface area contributed by atoms with Crippen LogP contribution in [0.15, 0.2) is 18.2 Å². The molecule has 0 aliphatic carbocycles. The summed E-state index contributed by atoms with van der Waals surface area (Å²) in [5.41, 5.74) is 1.90. The summed E-state index contributed by atoms with van der Waals surface area (Å²) in [6.45, 7) is 11.5. The maximum atomic E-state index is 12.1. The van der Waals surface area contributed by atoms with Gasteiger partial charge in [0, 0.05) is 56.2 Å². The van der Waals surface area contributed by atoms with Crippen LogP contribution in [0, 0.1) is 11.8 Å². The van der Waals surface area contributed by atoms with Crippen LogP contribution < -0.4 is 10.2 Å². The van der Waals surface area contributed by atoms with Gasteiger partial charge in [-0.05, 0) is 45.2 Å². The lowest BCUT2D eigenvalue weighted by Crippen LogP contribution is -2.47. The predicted octanol–water partition coefficient (Wildman–Crippen LogP) is 3.28. The average molecular weight is 486 g/mol. The maximum Gasteiger partial charge on any atom is 0.229 e. The summed E-state index contributed by atoms with van der Waals surface area (Å²) in [5, 5.41) is 2.37. The normalized spacial score (nSPS) is 19.3. The zero-order chi connectivity index (χ0) is 26.0. The van der Waals surface area contributed by atoms with Gasteiger partial charge in [-0.25, -0.2) is 0 Å². The molecule has 2 atom stereocenters. The number of benzene rings is 1. The number of carbonyl (C=O) groups is 5. The largest absolute Gasteiger partial charge is 0.368 e. The molecule has 8 nitrogen and oxygen atoms in total. The van der Waals surface area contributed by atoms with E-state index in [0.29, 0.717) is 29.9 Å². The monoisotopic (exact) mass is 485 g/mol. The number of aldehydes is 1. The number of unbranched alkanes of at least 4 members (excludes halogenated alkanes) is 1. The van der Waals surface area contributed by atoms with E-state index in [1.54, 1.807) is 6.07 Å². The second-order valence-electron chi connectivity index (χ2n) is 9.39. The molecular weight excluding hydrogens is 446 g/mol. The van der Waals surface area contributed by atoms with Gasteiger partial charge in [-0.2, -0.15) is 0 Å². The van der Waals surface area contributed by atoms with E-state index in [2.05, 4.69) is 29.0 Å². The molecule has 8 heteroatoms. The molecule has 1 aromatic carbocycles. The first-order valence-electron chi connectivity index (χ1n) is 12.6. The predicted molar refractivity (Wildman–Crippen MR) is 136 cm³/mol. The van der Waals surface area contributed by atoms with Crippen molar-refractivity contribution in [3.05, 3.63) is 29.3 Å². The number of rotatable bonds is 9. The fraction of sp³-hybridized carbons (Fsp3) is 0.593. The number of Topliss-reactive ketones (excluding diaryl/α,β-unsaturated/α-hetero) is 2. The van der Waals surface area contributed by atoms with E-state index in [1.807, 2.05) is 12.1 Å². The Hall–Kier alpha value is -2.87. The van der Waals surface area contributed by atoms with Gasteiger partial charge < -0.3 is 9.69 Å². The van der Waals surface area contributed by atoms with Crippen molar-refractivity contribution < 1.29 is 24.0 Å². The van der Waals surface area contributed by atoms with Crippen LogP contribution >= 0.6 is 0 Å². The number of nitrogens with one attached hydrogen (secondary N) is 1. The number of nitrogens with zero attached hydrogens (tertiary/aromatic N) is 2. The number of piperidine rings is 1. The molecular formula is C27H39N3O5. The van der Waals surface area contributed by atoms with E-state index in [9.17, 15) is 24.0 Å². The minimum Gasteiger partial charge on any atom is -0.368 e. The lowest BCUT2D eigenvalue weighted by Gasteiger charge is -2.37. The molecule has 2 unspecified atom stereocenters. The van der Waals surface area contributed by atoms with Crippen molar-refractivity contribution in [2.45, 2.75) is 59.8 Å². The van der Waals surface area contributed by atoms with Crippen molar-refractivity contribution in [1.29, 1.82) is 0 Å². The summed E-state index contributed by atoms with van der Waals surface area (Å²) in [7, 11) is 0. The number of piperazine rings is 1. The third kappa shape index (κ3) is 8.09. The van der Waals surface area contributed by atoms with Crippen molar-refractivity contribution in [3.63, 3.8) is 0 Å². The van der Waals surface area contributed by atoms with Gasteiger partial charge in [-0.1, -0.05) is 32.4 Å². The van der Waals surface area contributed by atoms with Gasteiger partial charge in [0.25, 0.3) is 0 Å². The number of anilines is 1. The lowest BCUT2D eigenvalue weighted by molar-refractivity contribution is -0.137. The first kappa shape index (κ1) is 28.4. The first-order valence-corrected chi connectivity index (χ1v) is 12.6. The van der Waals surface area contributed by atoms with Crippen molar-refractivity contribution in [2.24, 2.45) is 11.8 Å². The highest BCUT2D eigenvalue weighted by Crippen LogP contribution is 2.26. The minimum absolute atomic E-state index is 0.0488. The summed E-state index contributed by atoms with van der Waals surface area (Å²) in [4.78, 5) is 60.8. The van der Waals surface area contributed by atoms with Gasteiger partial charge in [0.2, 0.25) is 11.8 Å². The topological polar surface area (TPSA) is 104 Å². The molecule has 2 amide bonds. The molecule has 1 aromatic rings. The Balaban J connectivity index is 0.000000303. The van der Waals surface area contributed by atoms with Gasteiger partial charge in [0.15, 0.2) is 11.6 Å². The number of hydrogen-bond acceptors (Lipinski definition) is 7. The molecule has 2 fully saturated rings. The zero-order valence-electron chi connectivity index (χ0n) is 21.5. The standard InChI is InChI=1S/C18H24N2O3.C9H15NO2/c1-14(22)16-6-5-7-17(18(16)15(2)23)20-11-9-19(10-12-20)8-3-4-13-21;1-3-6(2)7-4-5-8(11)10-9(7)12/h5-7,13H,3-4,8-12H2,1-2H3;6-7H,3-5H2,1-2H3,(H,10,11,12). The van der Waals surface area contributed by atoms with Crippen molar-refractivity contribution in [1.82, 2.24) is 10.2 Å². The zero-order valence-corrected chi connectivity index (χ0v) is 21.5. The molecule has 0 bridgehead atoms. The molecule has 3 rings (SSSR count). The van der Waals surface area contributed by atoms with Crippen LogP contribution in [0.5, 0.6) is 0 Å². The van der Waals surface area contributed by atoms with Crippen LogP contribution in [0.1, 0.15) is 80.5 Å². The summed E-state index contributed by atoms with van der Waals surface area (Å²) < 4.78 is 0. The first-order chi connectivity index (χ1) is 16.7. The molecule has 0 saturated carbocycles. The third-order valence-electron chi connectivity index (χ3n) is 6.90. The smallest absolute Gasteiger partial charge is 0.229 e. The summed E-state index contributed by atoms with van der Waals surface area (Å²) in [5.74, 6) is 0.0784. The summed E-state index contributed by atoms with van der Waals surface area (Å²) in [6, 6.07) is 5.48. The second kappa shape index (κ2) is 13.9. The van der Waals surface area contributed by atoms with Gasteiger partial charge in [0.05, 0.1) is 5.56 Å². The summed E-state index contributed by atoms with van der Waals surface area (Å²) >= 11 is 0. The minimum atomic E-state index is -0.125. The highest BCUT2D eigenvalue weighted by molar-refractivity contribution is 6.10. The molecule has 0 aromatic heterocycles. The van der Waals surface area contributed by atoms with Gasteiger partial charge >= 0.3 is 0 Å². The van der Waals surface area contributed by atoms with Crippen LogP contribution in [0.4, 0.5) is 5.69 Å². The Morgan fingerprint density at radius 2 is 1.80 bits per heavy atom. The Labute approximate surface area is 208 Å². The van der Waals surface area contributed by atoms with Crippen LogP contribution in [0.2, 0.25) is 0 Å². The molecule has 192 valence electrons. The Bertz CT molecular complexity index is 921. The van der Waals surface area contributed by atoms with Crippen LogP contribution in [0.25, 0.3) is 0 Å². The van der Waals surface area contributed by atoms with E-state index >= 15 is 0 Å². The lowest BCUT2D eigenvalue weighted by atomic mass is 9.85. The van der Waals surface area contributed by atoms with Gasteiger partial charge in [-0.3, -0.25) is 29.4 Å². The third-order valence-corrected chi connectivity index (χ3v) is 6.90. The van der Waals surface area contributed by atoms with E-state index < -0.39 is 0 Å². The van der Waals surface area contributed by atoms with Gasteiger partial charge in [-0.15, -0.1) is 0 Å². The summed E-state index contributed by atoms with van der Waals surface area (Å²) in [6.07, 6.45) is 4.67. The number of amides is 2. The van der Waals surface area contributed by atoms with Crippen molar-refractivity contribution >= 4 is 35.4 Å². The van der Waals surface area contributed by atoms with Gasteiger partial charge in [0.1, 0.15) is 6.29 Å². The highest BCUT2D eigenvalue weighted by Gasteiger charge is 2.29. The number of imide groups is 1. The molecule has 0 spiro atoms. The number of carbonyl (C=O) groups excluding carboxylic acids is 5. The quantitative estimate of drug-likeness (QED) is 0.248. The van der Waals surface area contributed by atoms with E-state index in [0.717, 1.165) is 64.0 Å². The van der Waals surface area contributed by atoms with Crippen LogP contribution in [0.3, 0.4) is 0 Å². The fourth-order valence-electron chi connectivity index (χ4n) is 4.62.